The average molecular weight is 303 g/mol. The molecule has 0 radical (unpaired) electrons. The summed E-state index contributed by atoms with van der Waals surface area (Å²) in [5.74, 6) is -1.25. The van der Waals surface area contributed by atoms with E-state index in [-0.39, 0.29) is 6.04 Å². The van der Waals surface area contributed by atoms with Gasteiger partial charge < -0.3 is 5.32 Å². The van der Waals surface area contributed by atoms with Gasteiger partial charge in [-0.05, 0) is 48.7 Å². The lowest BCUT2D eigenvalue weighted by molar-refractivity contribution is -0.140. The molecular formula is C14H13F4NS. The first-order chi connectivity index (χ1) is 9.34. The number of halogens is 4. The molecule has 0 aliphatic heterocycles. The minimum atomic E-state index is -4.67. The Morgan fingerprint density at radius 1 is 1.20 bits per heavy atom. The number of nitrogens with one attached hydrogen (secondary N) is 1. The van der Waals surface area contributed by atoms with Crippen LogP contribution in [-0.4, -0.2) is 7.05 Å². The molecule has 0 aliphatic carbocycles. The van der Waals surface area contributed by atoms with Crippen LogP contribution in [0.1, 0.15) is 27.6 Å². The van der Waals surface area contributed by atoms with Crippen LogP contribution < -0.4 is 5.32 Å². The smallest absolute Gasteiger partial charge is 0.309 e. The van der Waals surface area contributed by atoms with Gasteiger partial charge in [0.15, 0.2) is 0 Å². The second kappa shape index (κ2) is 5.54. The minimum absolute atomic E-state index is 0.313. The fourth-order valence-electron chi connectivity index (χ4n) is 2.07. The first-order valence-electron chi connectivity index (χ1n) is 5.92. The second-order valence-corrected chi connectivity index (χ2v) is 5.37. The van der Waals surface area contributed by atoms with Crippen molar-refractivity contribution in [2.24, 2.45) is 0 Å². The number of benzene rings is 1. The summed E-state index contributed by atoms with van der Waals surface area (Å²) in [7, 11) is 1.69. The molecule has 0 spiro atoms. The van der Waals surface area contributed by atoms with Crippen molar-refractivity contribution < 1.29 is 17.6 Å². The summed E-state index contributed by atoms with van der Waals surface area (Å²) in [6.07, 6.45) is -4.67. The first kappa shape index (κ1) is 15.0. The molecule has 1 unspecified atom stereocenters. The van der Waals surface area contributed by atoms with Gasteiger partial charge in [0.2, 0.25) is 0 Å². The lowest BCUT2D eigenvalue weighted by Crippen LogP contribution is -2.18. The third-order valence-corrected chi connectivity index (χ3v) is 4.17. The normalized spacial score (nSPS) is 13.5. The molecule has 1 heterocycles. The van der Waals surface area contributed by atoms with Gasteiger partial charge in [-0.2, -0.15) is 13.2 Å². The van der Waals surface area contributed by atoms with E-state index in [9.17, 15) is 17.6 Å². The standard InChI is InChI=1S/C14H13F4NS/c1-8-5-6-20-13(8)12(19-2)9-3-4-10(11(15)7-9)14(16,17)18/h3-7,12,19H,1-2H3. The van der Waals surface area contributed by atoms with Crippen molar-refractivity contribution in [3.63, 3.8) is 0 Å². The highest BCUT2D eigenvalue weighted by molar-refractivity contribution is 7.10. The van der Waals surface area contributed by atoms with E-state index >= 15 is 0 Å². The second-order valence-electron chi connectivity index (χ2n) is 4.43. The van der Waals surface area contributed by atoms with Crippen LogP contribution in [-0.2, 0) is 6.18 Å². The summed E-state index contributed by atoms with van der Waals surface area (Å²) < 4.78 is 51.3. The zero-order chi connectivity index (χ0) is 14.9. The Hall–Kier alpha value is -1.40. The summed E-state index contributed by atoms with van der Waals surface area (Å²) in [5, 5.41) is 4.91. The molecule has 0 amide bonds. The zero-order valence-corrected chi connectivity index (χ0v) is 11.7. The maximum Gasteiger partial charge on any atom is 0.419 e. The van der Waals surface area contributed by atoms with Crippen LogP contribution in [0.5, 0.6) is 0 Å². The predicted molar refractivity (Wildman–Crippen MR) is 71.4 cm³/mol. The van der Waals surface area contributed by atoms with E-state index in [1.165, 1.54) is 17.4 Å². The topological polar surface area (TPSA) is 12.0 Å². The summed E-state index contributed by atoms with van der Waals surface area (Å²) in [6.45, 7) is 1.91. The first-order valence-corrected chi connectivity index (χ1v) is 6.80. The van der Waals surface area contributed by atoms with E-state index in [1.54, 1.807) is 7.05 Å². The highest BCUT2D eigenvalue weighted by Crippen LogP contribution is 2.34. The summed E-state index contributed by atoms with van der Waals surface area (Å²) in [5.41, 5.74) is 0.261. The molecule has 0 fully saturated rings. The van der Waals surface area contributed by atoms with E-state index in [0.717, 1.165) is 22.6 Å². The van der Waals surface area contributed by atoms with Crippen molar-refractivity contribution in [3.05, 3.63) is 57.0 Å². The van der Waals surface area contributed by atoms with Crippen molar-refractivity contribution in [2.75, 3.05) is 7.05 Å². The molecule has 1 nitrogen and oxygen atoms in total. The van der Waals surface area contributed by atoms with Crippen LogP contribution in [0.25, 0.3) is 0 Å². The van der Waals surface area contributed by atoms with Gasteiger partial charge in [0.25, 0.3) is 0 Å². The molecule has 1 N–H and O–H groups in total. The van der Waals surface area contributed by atoms with Crippen LogP contribution in [0.4, 0.5) is 17.6 Å². The largest absolute Gasteiger partial charge is 0.419 e. The number of rotatable bonds is 3. The molecule has 2 rings (SSSR count). The number of hydrogen-bond acceptors (Lipinski definition) is 2. The Morgan fingerprint density at radius 2 is 1.90 bits per heavy atom. The van der Waals surface area contributed by atoms with Crippen LogP contribution in [0, 0.1) is 12.7 Å². The van der Waals surface area contributed by atoms with Crippen LogP contribution in [0.2, 0.25) is 0 Å². The summed E-state index contributed by atoms with van der Waals surface area (Å²) in [4.78, 5) is 0.964. The van der Waals surface area contributed by atoms with Gasteiger partial charge in [-0.15, -0.1) is 11.3 Å². The molecule has 6 heteroatoms. The SMILES string of the molecule is CNC(c1ccc(C(F)(F)F)c(F)c1)c1sccc1C. The van der Waals surface area contributed by atoms with E-state index in [4.69, 9.17) is 0 Å². The van der Waals surface area contributed by atoms with Gasteiger partial charge in [-0.25, -0.2) is 4.39 Å². The highest BCUT2D eigenvalue weighted by Gasteiger charge is 2.34. The van der Waals surface area contributed by atoms with Crippen molar-refractivity contribution in [2.45, 2.75) is 19.1 Å². The molecule has 108 valence electrons. The zero-order valence-electron chi connectivity index (χ0n) is 10.9. The van der Waals surface area contributed by atoms with Crippen molar-refractivity contribution in [1.82, 2.24) is 5.32 Å². The Morgan fingerprint density at radius 3 is 2.35 bits per heavy atom. The van der Waals surface area contributed by atoms with Gasteiger partial charge in [0.1, 0.15) is 5.82 Å². The fraction of sp³-hybridized carbons (Fsp3) is 0.286. The van der Waals surface area contributed by atoms with Crippen LogP contribution in [0.3, 0.4) is 0 Å². The molecule has 2 aromatic rings. The van der Waals surface area contributed by atoms with E-state index in [2.05, 4.69) is 5.32 Å². The highest BCUT2D eigenvalue weighted by atomic mass is 32.1. The van der Waals surface area contributed by atoms with E-state index in [1.807, 2.05) is 18.4 Å². The molecule has 1 atom stereocenters. The number of alkyl halides is 3. The third kappa shape index (κ3) is 2.86. The lowest BCUT2D eigenvalue weighted by atomic mass is 10.0. The quantitative estimate of drug-likeness (QED) is 0.822. The molecule has 0 aliphatic rings. The summed E-state index contributed by atoms with van der Waals surface area (Å²) in [6, 6.07) is 4.66. The Kier molecular flexibility index (Phi) is 4.15. The number of thiophene rings is 1. The van der Waals surface area contributed by atoms with Gasteiger partial charge in [0.05, 0.1) is 11.6 Å². The van der Waals surface area contributed by atoms with Crippen LogP contribution >= 0.6 is 11.3 Å². The van der Waals surface area contributed by atoms with Gasteiger partial charge >= 0.3 is 6.18 Å². The van der Waals surface area contributed by atoms with Gasteiger partial charge in [-0.1, -0.05) is 6.07 Å². The Labute approximate surface area is 118 Å². The van der Waals surface area contributed by atoms with Gasteiger partial charge in [0, 0.05) is 4.88 Å². The van der Waals surface area contributed by atoms with Crippen molar-refractivity contribution in [3.8, 4) is 0 Å². The van der Waals surface area contributed by atoms with E-state index < -0.39 is 17.6 Å². The number of hydrogen-bond donors (Lipinski definition) is 1. The lowest BCUT2D eigenvalue weighted by Gasteiger charge is -2.18. The third-order valence-electron chi connectivity index (χ3n) is 3.08. The molecule has 1 aromatic heterocycles. The Balaban J connectivity index is 2.43. The monoisotopic (exact) mass is 303 g/mol. The number of aryl methyl sites for hydroxylation is 1. The van der Waals surface area contributed by atoms with Crippen molar-refractivity contribution >= 4 is 11.3 Å². The summed E-state index contributed by atoms with van der Waals surface area (Å²) >= 11 is 1.49. The molecule has 20 heavy (non-hydrogen) atoms. The van der Waals surface area contributed by atoms with Crippen LogP contribution in [0.15, 0.2) is 29.6 Å². The minimum Gasteiger partial charge on any atom is -0.309 e. The molecule has 0 bridgehead atoms. The maximum atomic E-state index is 13.6. The molecule has 0 saturated carbocycles. The molecule has 1 aromatic carbocycles. The van der Waals surface area contributed by atoms with Crippen molar-refractivity contribution in [1.29, 1.82) is 0 Å². The Bertz CT molecular complexity index is 603. The fourth-order valence-corrected chi connectivity index (χ4v) is 3.13. The maximum absolute atomic E-state index is 13.6. The van der Waals surface area contributed by atoms with E-state index in [0.29, 0.717) is 5.56 Å². The van der Waals surface area contributed by atoms with Gasteiger partial charge in [-0.3, -0.25) is 0 Å². The molecular weight excluding hydrogens is 290 g/mol. The average Bonchev–Trinajstić information content (AvgIpc) is 2.75. The molecule has 0 saturated heterocycles. The predicted octanol–water partition coefficient (Wildman–Crippen LogP) is 4.52.